The zero-order valence-corrected chi connectivity index (χ0v) is 27.4. The molecule has 0 radical (unpaired) electrons. The van der Waals surface area contributed by atoms with Crippen LogP contribution >= 0.6 is 0 Å². The first kappa shape index (κ1) is 31.7. The molecular formula is C46H38N2. The first-order valence-electron chi connectivity index (χ1n) is 16.2. The maximum atomic E-state index is 5.93. The summed E-state index contributed by atoms with van der Waals surface area (Å²) in [5, 5.41) is 2.30. The number of rotatable bonds is 9. The minimum absolute atomic E-state index is 0.862. The molecule has 2 heteroatoms. The number of anilines is 5. The van der Waals surface area contributed by atoms with Crippen LogP contribution < -0.4 is 20.2 Å². The summed E-state index contributed by atoms with van der Waals surface area (Å²) in [6, 6.07) is 52.9. The third kappa shape index (κ3) is 6.49. The molecule has 0 saturated heterocycles. The number of allylic oxidation sites excluding steroid dienone is 1. The second-order valence-electron chi connectivity index (χ2n) is 11.3. The highest BCUT2D eigenvalue weighted by atomic mass is 15.2. The standard InChI is InChI=1S/C46H38N2/c1-5-18-43-36(7-3)20-17-26-46(43)48(40-23-13-10-14-24-40)42-33-29-38(30-34-42)37-27-31-41(32-28-37)47(39-21-11-9-12-22-39)45(8-4)44-25-16-15-19-35(44)6-2/h3,5-6,8-34H,4H2,1-2H3. The van der Waals surface area contributed by atoms with Gasteiger partial charge in [-0.3, -0.25) is 0 Å². The van der Waals surface area contributed by atoms with Gasteiger partial charge in [-0.2, -0.15) is 0 Å². The van der Waals surface area contributed by atoms with Crippen LogP contribution in [0.5, 0.6) is 0 Å². The van der Waals surface area contributed by atoms with E-state index in [1.165, 1.54) is 5.22 Å². The maximum Gasteiger partial charge on any atom is 0.0546 e. The summed E-state index contributed by atoms with van der Waals surface area (Å²) in [6.45, 7) is 8.32. The molecule has 0 aromatic heterocycles. The highest BCUT2D eigenvalue weighted by molar-refractivity contribution is 5.87. The Morgan fingerprint density at radius 2 is 1.15 bits per heavy atom. The lowest BCUT2D eigenvalue weighted by molar-refractivity contribution is 1.27. The van der Waals surface area contributed by atoms with Crippen LogP contribution in [0.15, 0.2) is 170 Å². The van der Waals surface area contributed by atoms with Crippen LogP contribution in [0, 0.1) is 12.3 Å². The zero-order chi connectivity index (χ0) is 33.3. The van der Waals surface area contributed by atoms with Gasteiger partial charge in [0, 0.05) is 39.1 Å². The predicted octanol–water partition coefficient (Wildman–Crippen LogP) is 10.8. The van der Waals surface area contributed by atoms with Crippen LogP contribution in [-0.4, -0.2) is 0 Å². The molecule has 232 valence electrons. The molecule has 6 aromatic carbocycles. The molecule has 0 saturated carbocycles. The summed E-state index contributed by atoms with van der Waals surface area (Å²) >= 11 is 0. The minimum Gasteiger partial charge on any atom is -0.310 e. The molecule has 0 unspecified atom stereocenters. The van der Waals surface area contributed by atoms with E-state index in [4.69, 9.17) is 6.42 Å². The lowest BCUT2D eigenvalue weighted by atomic mass is 10.0. The molecule has 6 aromatic rings. The van der Waals surface area contributed by atoms with Crippen LogP contribution in [0.2, 0.25) is 0 Å². The largest absolute Gasteiger partial charge is 0.310 e. The van der Waals surface area contributed by atoms with Gasteiger partial charge in [0.25, 0.3) is 0 Å². The molecule has 0 bridgehead atoms. The molecule has 0 atom stereocenters. The van der Waals surface area contributed by atoms with Gasteiger partial charge in [0.05, 0.1) is 11.4 Å². The SMILES string of the molecule is C#Cc1cccc(N(c2ccccc2)c2ccc(-c3ccc(N(C(C=C)=c4ccccc4=CC)c4ccccc4)cc3)cc2)c1C=CC. The maximum absolute atomic E-state index is 5.93. The van der Waals surface area contributed by atoms with Crippen molar-refractivity contribution < 1.29 is 0 Å². The van der Waals surface area contributed by atoms with Gasteiger partial charge in [0.1, 0.15) is 0 Å². The van der Waals surface area contributed by atoms with Gasteiger partial charge in [0.2, 0.25) is 0 Å². The second-order valence-corrected chi connectivity index (χ2v) is 11.3. The average molecular weight is 619 g/mol. The summed E-state index contributed by atoms with van der Waals surface area (Å²) in [4.78, 5) is 4.53. The average Bonchev–Trinajstić information content (AvgIpc) is 3.16. The third-order valence-corrected chi connectivity index (χ3v) is 8.41. The Labute approximate surface area is 284 Å². The highest BCUT2D eigenvalue weighted by Crippen LogP contribution is 2.39. The first-order valence-corrected chi connectivity index (χ1v) is 16.2. The topological polar surface area (TPSA) is 6.48 Å². The predicted molar refractivity (Wildman–Crippen MR) is 207 cm³/mol. The monoisotopic (exact) mass is 618 g/mol. The number of nitrogens with zero attached hydrogens (tertiary/aromatic N) is 2. The molecule has 0 fully saturated rings. The van der Waals surface area contributed by atoms with Crippen molar-refractivity contribution in [1.82, 2.24) is 0 Å². The van der Waals surface area contributed by atoms with Gasteiger partial charge in [-0.25, -0.2) is 0 Å². The highest BCUT2D eigenvalue weighted by Gasteiger charge is 2.18. The third-order valence-electron chi connectivity index (χ3n) is 8.41. The van der Waals surface area contributed by atoms with Gasteiger partial charge in [-0.1, -0.05) is 122 Å². The number of hydrogen-bond donors (Lipinski definition) is 0. The molecular weight excluding hydrogens is 581 g/mol. The minimum atomic E-state index is 0.862. The van der Waals surface area contributed by atoms with E-state index in [0.717, 1.165) is 61.6 Å². The molecule has 48 heavy (non-hydrogen) atoms. The number of para-hydroxylation sites is 2. The van der Waals surface area contributed by atoms with E-state index in [0.29, 0.717) is 0 Å². The lowest BCUT2D eigenvalue weighted by Crippen LogP contribution is -2.31. The fourth-order valence-electron chi connectivity index (χ4n) is 6.13. The Kier molecular flexibility index (Phi) is 9.81. The van der Waals surface area contributed by atoms with Gasteiger partial charge in [-0.05, 0) is 96.9 Å². The van der Waals surface area contributed by atoms with Crippen LogP contribution in [0.1, 0.15) is 25.0 Å². The van der Waals surface area contributed by atoms with Gasteiger partial charge in [-0.15, -0.1) is 6.42 Å². The van der Waals surface area contributed by atoms with Crippen molar-refractivity contribution in [2.75, 3.05) is 9.80 Å². The molecule has 0 aliphatic rings. The summed E-state index contributed by atoms with van der Waals surface area (Å²) < 4.78 is 0. The van der Waals surface area contributed by atoms with Crippen LogP contribution in [-0.2, 0) is 0 Å². The van der Waals surface area contributed by atoms with Crippen molar-refractivity contribution in [3.05, 3.63) is 192 Å². The Morgan fingerprint density at radius 1 is 0.604 bits per heavy atom. The Balaban J connectivity index is 1.40. The van der Waals surface area contributed by atoms with E-state index >= 15 is 0 Å². The summed E-state index contributed by atoms with van der Waals surface area (Å²) in [7, 11) is 0. The molecule has 0 aliphatic heterocycles. The van der Waals surface area contributed by atoms with E-state index in [2.05, 4.69) is 169 Å². The lowest BCUT2D eigenvalue weighted by Gasteiger charge is -2.28. The Morgan fingerprint density at radius 3 is 1.73 bits per heavy atom. The second kappa shape index (κ2) is 14.9. The smallest absolute Gasteiger partial charge is 0.0546 e. The van der Waals surface area contributed by atoms with Crippen molar-refractivity contribution >= 4 is 46.3 Å². The van der Waals surface area contributed by atoms with Gasteiger partial charge < -0.3 is 9.80 Å². The molecule has 0 amide bonds. The van der Waals surface area contributed by atoms with Crippen molar-refractivity contribution in [3.8, 4) is 23.5 Å². The van der Waals surface area contributed by atoms with Crippen LogP contribution in [0.4, 0.5) is 28.4 Å². The first-order chi connectivity index (χ1) is 23.7. The molecule has 0 spiro atoms. The van der Waals surface area contributed by atoms with E-state index in [9.17, 15) is 0 Å². The van der Waals surface area contributed by atoms with Crippen LogP contribution in [0.25, 0.3) is 29.0 Å². The number of benzene rings is 6. The molecule has 0 N–H and O–H groups in total. The number of hydrogen-bond acceptors (Lipinski definition) is 2. The Hall–Kier alpha value is -6.30. The fraction of sp³-hybridized carbons (Fsp3) is 0.0435. The van der Waals surface area contributed by atoms with Crippen LogP contribution in [0.3, 0.4) is 0 Å². The quantitative estimate of drug-likeness (QED) is 0.149. The van der Waals surface area contributed by atoms with Crippen molar-refractivity contribution in [3.63, 3.8) is 0 Å². The summed E-state index contributed by atoms with van der Waals surface area (Å²) in [6.07, 6.45) is 14.1. The van der Waals surface area contributed by atoms with Crippen molar-refractivity contribution in [2.24, 2.45) is 0 Å². The Bertz CT molecular complexity index is 2200. The fourth-order valence-corrected chi connectivity index (χ4v) is 6.13. The molecule has 2 nitrogen and oxygen atoms in total. The van der Waals surface area contributed by atoms with Crippen molar-refractivity contribution in [2.45, 2.75) is 13.8 Å². The molecule has 0 heterocycles. The van der Waals surface area contributed by atoms with E-state index < -0.39 is 0 Å². The van der Waals surface area contributed by atoms with Crippen molar-refractivity contribution in [1.29, 1.82) is 0 Å². The van der Waals surface area contributed by atoms with E-state index in [1.54, 1.807) is 0 Å². The molecule has 6 rings (SSSR count). The van der Waals surface area contributed by atoms with E-state index in [1.807, 2.05) is 43.3 Å². The summed E-state index contributed by atoms with van der Waals surface area (Å²) in [5.41, 5.74) is 10.4. The van der Waals surface area contributed by atoms with Gasteiger partial charge >= 0.3 is 0 Å². The summed E-state index contributed by atoms with van der Waals surface area (Å²) in [5.74, 6) is 2.87. The molecule has 0 aliphatic carbocycles. The van der Waals surface area contributed by atoms with Gasteiger partial charge in [0.15, 0.2) is 0 Å². The normalized spacial score (nSPS) is 12.0. The number of terminal acetylenes is 1. The van der Waals surface area contributed by atoms with E-state index in [-0.39, 0.29) is 0 Å². The zero-order valence-electron chi connectivity index (χ0n) is 27.4.